The lowest BCUT2D eigenvalue weighted by Crippen LogP contribution is -1.79. The molecule has 3 heteroatoms. The molecule has 0 bridgehead atoms. The van der Waals surface area contributed by atoms with E-state index in [4.69, 9.17) is 5.53 Å². The average molecular weight is 136 g/mol. The summed E-state index contributed by atoms with van der Waals surface area (Å²) < 4.78 is 0. The second kappa shape index (κ2) is 2.96. The fourth-order valence-electron chi connectivity index (χ4n) is 0.725. The van der Waals surface area contributed by atoms with Crippen LogP contribution in [0.2, 0.25) is 0 Å². The highest BCUT2D eigenvalue weighted by molar-refractivity contribution is 5.26. The number of nitrogens with one attached hydrogen (secondary N) is 1. The van der Waals surface area contributed by atoms with Gasteiger partial charge in [-0.05, 0) is 24.6 Å². The highest BCUT2D eigenvalue weighted by atomic mass is 16.6. The lowest BCUT2D eigenvalue weighted by molar-refractivity contribution is 0.298. The largest absolute Gasteiger partial charge is 0.340 e. The zero-order chi connectivity index (χ0) is 7.40. The second-order valence-electron chi connectivity index (χ2n) is 2.00. The molecule has 1 N–H and O–H groups in total. The highest BCUT2D eigenvalue weighted by Crippen LogP contribution is 2.11. The van der Waals surface area contributed by atoms with Crippen molar-refractivity contribution in [1.29, 1.82) is 5.53 Å². The van der Waals surface area contributed by atoms with Gasteiger partial charge in [-0.2, -0.15) is 5.53 Å². The smallest absolute Gasteiger partial charge is 0.160 e. The van der Waals surface area contributed by atoms with Crippen LogP contribution >= 0.6 is 0 Å². The van der Waals surface area contributed by atoms with Crippen molar-refractivity contribution in [3.05, 3.63) is 29.8 Å². The average Bonchev–Trinajstić information content (AvgIpc) is 1.88. The highest BCUT2D eigenvalue weighted by Gasteiger charge is 1.90. The Hall–Kier alpha value is -1.38. The molecule has 0 radical (unpaired) electrons. The molecule has 0 saturated carbocycles. The third-order valence-corrected chi connectivity index (χ3v) is 1.14. The Balaban J connectivity index is 2.84. The van der Waals surface area contributed by atoms with Crippen LogP contribution in [0, 0.1) is 12.5 Å². The van der Waals surface area contributed by atoms with Crippen LogP contribution in [0.4, 0.5) is 0 Å². The maximum absolute atomic E-state index is 6.41. The summed E-state index contributed by atoms with van der Waals surface area (Å²) in [6, 6.07) is 7.38. The van der Waals surface area contributed by atoms with Gasteiger partial charge in [-0.25, -0.2) is 0 Å². The molecule has 10 heavy (non-hydrogen) atoms. The normalized spacial score (nSPS) is 8.90. The summed E-state index contributed by atoms with van der Waals surface area (Å²) >= 11 is 0. The predicted molar refractivity (Wildman–Crippen MR) is 37.0 cm³/mol. The molecule has 0 aliphatic heterocycles. The van der Waals surface area contributed by atoms with Gasteiger partial charge in [0.1, 0.15) is 0 Å². The fraction of sp³-hybridized carbons (Fsp3) is 0.143. The topological polar surface area (TPSA) is 45.4 Å². The van der Waals surface area contributed by atoms with Gasteiger partial charge in [0.15, 0.2) is 5.75 Å². The molecule has 0 spiro atoms. The van der Waals surface area contributed by atoms with Crippen LogP contribution in [0.5, 0.6) is 5.75 Å². The zero-order valence-corrected chi connectivity index (χ0v) is 5.66. The Bertz CT molecular complexity index is 235. The van der Waals surface area contributed by atoms with E-state index in [9.17, 15) is 0 Å². The molecule has 1 aromatic carbocycles. The summed E-state index contributed by atoms with van der Waals surface area (Å²) in [5.41, 5.74) is 7.51. The van der Waals surface area contributed by atoms with Crippen LogP contribution in [0.15, 0.2) is 29.5 Å². The first-order chi connectivity index (χ1) is 4.83. The third kappa shape index (κ3) is 1.55. The van der Waals surface area contributed by atoms with Crippen molar-refractivity contribution in [3.63, 3.8) is 0 Å². The maximum atomic E-state index is 6.41. The monoisotopic (exact) mass is 136 g/mol. The van der Waals surface area contributed by atoms with E-state index in [-0.39, 0.29) is 0 Å². The van der Waals surface area contributed by atoms with E-state index in [2.05, 4.69) is 10.1 Å². The molecule has 52 valence electrons. The summed E-state index contributed by atoms with van der Waals surface area (Å²) in [4.78, 5) is 4.58. The fourth-order valence-corrected chi connectivity index (χ4v) is 0.725. The summed E-state index contributed by atoms with van der Waals surface area (Å²) in [5.74, 6) is 0.606. The van der Waals surface area contributed by atoms with Gasteiger partial charge in [-0.3, -0.25) is 0 Å². The van der Waals surface area contributed by atoms with E-state index in [0.717, 1.165) is 5.56 Å². The van der Waals surface area contributed by atoms with E-state index in [1.165, 1.54) is 0 Å². The first-order valence-electron chi connectivity index (χ1n) is 2.93. The molecule has 0 saturated heterocycles. The molecule has 0 aliphatic rings. The Morgan fingerprint density at radius 2 is 2.30 bits per heavy atom. The number of nitrogens with zero attached hydrogens (tertiary/aromatic N) is 1. The molecule has 0 unspecified atom stereocenters. The molecule has 0 heterocycles. The van der Waals surface area contributed by atoms with Crippen molar-refractivity contribution in [2.75, 3.05) is 0 Å². The predicted octanol–water partition coefficient (Wildman–Crippen LogP) is 2.32. The molecule has 0 atom stereocenters. The van der Waals surface area contributed by atoms with Crippen LogP contribution in [-0.2, 0) is 0 Å². The minimum atomic E-state index is 0.606. The third-order valence-electron chi connectivity index (χ3n) is 1.14. The zero-order valence-electron chi connectivity index (χ0n) is 5.66. The molecule has 0 aliphatic carbocycles. The SMILES string of the molecule is Cc1cccc(ON=N)c1. The molecular formula is C7H8N2O. The summed E-state index contributed by atoms with van der Waals surface area (Å²) in [5, 5.41) is 2.80. The number of hydrogen-bond donors (Lipinski definition) is 1. The van der Waals surface area contributed by atoms with Gasteiger partial charge >= 0.3 is 0 Å². The van der Waals surface area contributed by atoms with Gasteiger partial charge in [-0.15, -0.1) is 0 Å². The lowest BCUT2D eigenvalue weighted by Gasteiger charge is -1.95. The van der Waals surface area contributed by atoms with Gasteiger partial charge in [0.2, 0.25) is 0 Å². The molecule has 0 amide bonds. The van der Waals surface area contributed by atoms with Gasteiger partial charge < -0.3 is 4.84 Å². The van der Waals surface area contributed by atoms with Gasteiger partial charge in [0.25, 0.3) is 0 Å². The van der Waals surface area contributed by atoms with Crippen LogP contribution in [-0.4, -0.2) is 0 Å². The van der Waals surface area contributed by atoms with Gasteiger partial charge in [-0.1, -0.05) is 12.1 Å². The lowest BCUT2D eigenvalue weighted by atomic mass is 10.2. The number of rotatable bonds is 2. The van der Waals surface area contributed by atoms with Crippen molar-refractivity contribution in [3.8, 4) is 5.75 Å². The Kier molecular flexibility index (Phi) is 1.99. The number of benzene rings is 1. The standard InChI is InChI=1S/C7H8N2O/c1-6-3-2-4-7(5-6)10-9-8/h2-5,8H,1H3. The van der Waals surface area contributed by atoms with Crippen LogP contribution in [0.3, 0.4) is 0 Å². The van der Waals surface area contributed by atoms with Gasteiger partial charge in [0, 0.05) is 5.28 Å². The van der Waals surface area contributed by atoms with E-state index >= 15 is 0 Å². The molecule has 1 aromatic rings. The van der Waals surface area contributed by atoms with E-state index < -0.39 is 0 Å². The minimum absolute atomic E-state index is 0.606. The second-order valence-corrected chi connectivity index (χ2v) is 2.00. The van der Waals surface area contributed by atoms with Crippen molar-refractivity contribution in [2.45, 2.75) is 6.92 Å². The minimum Gasteiger partial charge on any atom is -0.340 e. The van der Waals surface area contributed by atoms with Crippen molar-refractivity contribution in [1.82, 2.24) is 0 Å². The molecule has 1 rings (SSSR count). The molecular weight excluding hydrogens is 128 g/mol. The van der Waals surface area contributed by atoms with Crippen LogP contribution in [0.25, 0.3) is 0 Å². The van der Waals surface area contributed by atoms with Crippen molar-refractivity contribution in [2.24, 2.45) is 5.28 Å². The van der Waals surface area contributed by atoms with E-state index in [1.807, 2.05) is 25.1 Å². The Labute approximate surface area is 59.1 Å². The van der Waals surface area contributed by atoms with E-state index in [0.29, 0.717) is 5.75 Å². The summed E-state index contributed by atoms with van der Waals surface area (Å²) in [7, 11) is 0. The summed E-state index contributed by atoms with van der Waals surface area (Å²) in [6.45, 7) is 1.96. The van der Waals surface area contributed by atoms with Crippen LogP contribution in [0.1, 0.15) is 5.56 Å². The van der Waals surface area contributed by atoms with E-state index in [1.54, 1.807) is 6.07 Å². The van der Waals surface area contributed by atoms with Gasteiger partial charge in [0.05, 0.1) is 0 Å². The summed E-state index contributed by atoms with van der Waals surface area (Å²) in [6.07, 6.45) is 0. The first-order valence-corrected chi connectivity index (χ1v) is 2.93. The first kappa shape index (κ1) is 6.74. The molecule has 0 aromatic heterocycles. The van der Waals surface area contributed by atoms with Crippen LogP contribution < -0.4 is 4.84 Å². The Morgan fingerprint density at radius 1 is 1.50 bits per heavy atom. The number of aryl methyl sites for hydroxylation is 1. The molecule has 3 nitrogen and oxygen atoms in total. The number of hydrogen-bond acceptors (Lipinski definition) is 3. The molecule has 0 fully saturated rings. The maximum Gasteiger partial charge on any atom is 0.160 e. The van der Waals surface area contributed by atoms with Crippen molar-refractivity contribution >= 4 is 0 Å². The quantitative estimate of drug-likeness (QED) is 0.492. The Morgan fingerprint density at radius 3 is 2.90 bits per heavy atom. The van der Waals surface area contributed by atoms with Crippen molar-refractivity contribution < 1.29 is 4.84 Å².